The zero-order valence-corrected chi connectivity index (χ0v) is 15.8. The van der Waals surface area contributed by atoms with E-state index in [4.69, 9.17) is 9.47 Å². The first-order valence-electron chi connectivity index (χ1n) is 9.18. The number of hydrogen-bond donors (Lipinski definition) is 1. The summed E-state index contributed by atoms with van der Waals surface area (Å²) in [6.07, 6.45) is 4.50. The van der Waals surface area contributed by atoms with Crippen LogP contribution >= 0.6 is 0 Å². The first-order valence-corrected chi connectivity index (χ1v) is 10.3. The van der Waals surface area contributed by atoms with Gasteiger partial charge in [-0.15, -0.1) is 4.31 Å². The number of nitrogens with zero attached hydrogens (tertiary/aromatic N) is 1. The Bertz CT molecular complexity index is 821. The van der Waals surface area contributed by atoms with Crippen LogP contribution in [-0.4, -0.2) is 34.6 Å². The summed E-state index contributed by atoms with van der Waals surface area (Å²) in [7, 11) is 0. The number of fused-ring (bicyclic) bond motifs is 1. The normalized spacial score (nSPS) is 18.0. The van der Waals surface area contributed by atoms with Crippen LogP contribution in [0.5, 0.6) is 11.5 Å². The Kier molecular flexibility index (Phi) is 5.52. The van der Waals surface area contributed by atoms with E-state index in [1.54, 1.807) is 36.4 Å². The molecule has 7 heteroatoms. The molecule has 6 nitrogen and oxygen atoms in total. The molecule has 27 heavy (non-hydrogen) atoms. The van der Waals surface area contributed by atoms with Crippen molar-refractivity contribution in [1.29, 1.82) is 0 Å². The molecule has 0 bridgehead atoms. The molecule has 142 valence electrons. The average molecular weight is 386 g/mol. The van der Waals surface area contributed by atoms with Crippen molar-refractivity contribution in [3.8, 4) is 11.5 Å². The quantitative estimate of drug-likeness (QED) is 0.813. The van der Waals surface area contributed by atoms with Crippen LogP contribution in [0.4, 0.5) is 5.69 Å². The number of benzene rings is 2. The Morgan fingerprint density at radius 1 is 1.00 bits per heavy atom. The fourth-order valence-corrected chi connectivity index (χ4v) is 4.59. The lowest BCUT2D eigenvalue weighted by Crippen LogP contribution is -2.32. The minimum absolute atomic E-state index is 0.192. The molecular formula is C20H22N2O4S. The predicted octanol–water partition coefficient (Wildman–Crippen LogP) is 3.57. The molecular weight excluding hydrogens is 364 g/mol. The average Bonchev–Trinajstić information content (AvgIpc) is 2.99. The lowest BCUT2D eigenvalue weighted by molar-refractivity contribution is 0.102. The molecule has 2 aliphatic heterocycles. The highest BCUT2D eigenvalue weighted by Crippen LogP contribution is 2.34. The van der Waals surface area contributed by atoms with Gasteiger partial charge in [0.05, 0.1) is 11.4 Å². The molecule has 1 saturated heterocycles. The third kappa shape index (κ3) is 4.21. The van der Waals surface area contributed by atoms with Crippen LogP contribution in [0, 0.1) is 0 Å². The summed E-state index contributed by atoms with van der Waals surface area (Å²) in [5.74, 6) is 1.04. The summed E-state index contributed by atoms with van der Waals surface area (Å²) in [6, 6.07) is 12.3. The van der Waals surface area contributed by atoms with Gasteiger partial charge >= 0.3 is 0 Å². The van der Waals surface area contributed by atoms with Crippen LogP contribution in [0.3, 0.4) is 0 Å². The van der Waals surface area contributed by atoms with Gasteiger partial charge in [0.15, 0.2) is 16.4 Å². The Morgan fingerprint density at radius 3 is 2.59 bits per heavy atom. The molecule has 4 rings (SSSR count). The van der Waals surface area contributed by atoms with Gasteiger partial charge in [-0.1, -0.05) is 18.9 Å². The molecule has 1 fully saturated rings. The lowest BCUT2D eigenvalue weighted by atomic mass is 10.2. The SMILES string of the molecule is O=C(Nc1ccc2c(c1)OCO2)c1cccc([S+]([O-])N2CCCCCC2)c1. The zero-order valence-electron chi connectivity index (χ0n) is 15.0. The Balaban J connectivity index is 1.47. The van der Waals surface area contributed by atoms with Crippen LogP contribution < -0.4 is 14.8 Å². The van der Waals surface area contributed by atoms with Crippen LogP contribution in [0.1, 0.15) is 36.0 Å². The molecule has 0 saturated carbocycles. The molecule has 1 N–H and O–H groups in total. The van der Waals surface area contributed by atoms with E-state index in [9.17, 15) is 9.35 Å². The van der Waals surface area contributed by atoms with E-state index >= 15 is 0 Å². The first kappa shape index (κ1) is 18.2. The van der Waals surface area contributed by atoms with Gasteiger partial charge < -0.3 is 19.3 Å². The minimum atomic E-state index is -1.24. The van der Waals surface area contributed by atoms with Crippen molar-refractivity contribution in [3.63, 3.8) is 0 Å². The summed E-state index contributed by atoms with van der Waals surface area (Å²) in [4.78, 5) is 13.3. The number of carbonyl (C=O) groups excluding carboxylic acids is 1. The van der Waals surface area contributed by atoms with E-state index in [1.165, 1.54) is 12.8 Å². The predicted molar refractivity (Wildman–Crippen MR) is 103 cm³/mol. The Labute approximate surface area is 161 Å². The van der Waals surface area contributed by atoms with Gasteiger partial charge in [-0.25, -0.2) is 0 Å². The van der Waals surface area contributed by atoms with Crippen molar-refractivity contribution in [3.05, 3.63) is 48.0 Å². The van der Waals surface area contributed by atoms with E-state index in [2.05, 4.69) is 5.32 Å². The molecule has 1 atom stereocenters. The summed E-state index contributed by atoms with van der Waals surface area (Å²) < 4.78 is 25.5. The second-order valence-corrected chi connectivity index (χ2v) is 8.13. The van der Waals surface area contributed by atoms with E-state index in [1.807, 2.05) is 10.4 Å². The lowest BCUT2D eigenvalue weighted by Gasteiger charge is -2.22. The Morgan fingerprint density at radius 2 is 1.78 bits per heavy atom. The third-order valence-electron chi connectivity index (χ3n) is 4.73. The fourth-order valence-electron chi connectivity index (χ4n) is 3.28. The molecule has 2 aromatic carbocycles. The van der Waals surface area contributed by atoms with Gasteiger partial charge in [0.25, 0.3) is 5.91 Å². The van der Waals surface area contributed by atoms with Gasteiger partial charge in [0.2, 0.25) is 6.79 Å². The molecule has 1 amide bonds. The largest absolute Gasteiger partial charge is 0.593 e. The maximum absolute atomic E-state index is 12.9. The molecule has 0 spiro atoms. The minimum Gasteiger partial charge on any atom is -0.593 e. The van der Waals surface area contributed by atoms with Gasteiger partial charge in [-0.3, -0.25) is 4.79 Å². The topological polar surface area (TPSA) is 73.9 Å². The van der Waals surface area contributed by atoms with Gasteiger partial charge in [-0.2, -0.15) is 0 Å². The standard InChI is InChI=1S/C20H22N2O4S/c23-20(21-16-8-9-18-19(13-16)26-14-25-18)15-6-5-7-17(12-15)27(24)22-10-3-1-2-4-11-22/h5-9,12-13H,1-4,10-11,14H2,(H,21,23). The number of hydrogen-bond acceptors (Lipinski definition) is 5. The first-order chi connectivity index (χ1) is 13.2. The number of rotatable bonds is 4. The summed E-state index contributed by atoms with van der Waals surface area (Å²) in [6.45, 7) is 1.86. The van der Waals surface area contributed by atoms with Crippen molar-refractivity contribution in [2.75, 3.05) is 25.2 Å². The smallest absolute Gasteiger partial charge is 0.255 e. The van der Waals surface area contributed by atoms with E-state index in [0.717, 1.165) is 25.9 Å². The second kappa shape index (κ2) is 8.21. The molecule has 0 radical (unpaired) electrons. The second-order valence-electron chi connectivity index (χ2n) is 6.64. The maximum atomic E-state index is 12.9. The fraction of sp³-hybridized carbons (Fsp3) is 0.350. The highest BCUT2D eigenvalue weighted by molar-refractivity contribution is 7.89. The number of nitrogens with one attached hydrogen (secondary N) is 1. The van der Waals surface area contributed by atoms with E-state index in [0.29, 0.717) is 27.6 Å². The third-order valence-corrected chi connectivity index (χ3v) is 6.22. The summed E-state index contributed by atoms with van der Waals surface area (Å²) in [5.41, 5.74) is 1.11. The molecule has 2 heterocycles. The molecule has 1 unspecified atom stereocenters. The molecule has 2 aliphatic rings. The van der Waals surface area contributed by atoms with Crippen molar-refractivity contribution in [2.45, 2.75) is 30.6 Å². The highest BCUT2D eigenvalue weighted by atomic mass is 32.2. The van der Waals surface area contributed by atoms with Crippen LogP contribution in [0.2, 0.25) is 0 Å². The van der Waals surface area contributed by atoms with Crippen molar-refractivity contribution >= 4 is 23.0 Å². The van der Waals surface area contributed by atoms with Gasteiger partial charge in [0, 0.05) is 36.5 Å². The van der Waals surface area contributed by atoms with Crippen LogP contribution in [0.15, 0.2) is 47.4 Å². The van der Waals surface area contributed by atoms with Gasteiger partial charge in [0.1, 0.15) is 0 Å². The van der Waals surface area contributed by atoms with E-state index < -0.39 is 11.4 Å². The molecule has 2 aromatic rings. The molecule has 0 aromatic heterocycles. The number of ether oxygens (including phenoxy) is 2. The van der Waals surface area contributed by atoms with E-state index in [-0.39, 0.29) is 12.7 Å². The number of carbonyl (C=O) groups is 1. The monoisotopic (exact) mass is 386 g/mol. The van der Waals surface area contributed by atoms with Crippen LogP contribution in [-0.2, 0) is 11.4 Å². The summed E-state index contributed by atoms with van der Waals surface area (Å²) in [5, 5.41) is 2.86. The highest BCUT2D eigenvalue weighted by Gasteiger charge is 2.24. The number of amides is 1. The van der Waals surface area contributed by atoms with Crippen molar-refractivity contribution < 1.29 is 18.8 Å². The van der Waals surface area contributed by atoms with Crippen molar-refractivity contribution in [2.24, 2.45) is 0 Å². The van der Waals surface area contributed by atoms with Crippen molar-refractivity contribution in [1.82, 2.24) is 4.31 Å². The molecule has 0 aliphatic carbocycles. The van der Waals surface area contributed by atoms with Gasteiger partial charge in [-0.05, 0) is 37.1 Å². The zero-order chi connectivity index (χ0) is 18.6. The summed E-state index contributed by atoms with van der Waals surface area (Å²) >= 11 is -1.24. The maximum Gasteiger partial charge on any atom is 0.255 e. The number of anilines is 1. The Hall–Kier alpha value is -2.22. The van der Waals surface area contributed by atoms with Crippen LogP contribution in [0.25, 0.3) is 0 Å².